The fourth-order valence-corrected chi connectivity index (χ4v) is 3.35. The summed E-state index contributed by atoms with van der Waals surface area (Å²) in [5.41, 5.74) is 1.69. The third-order valence-electron chi connectivity index (χ3n) is 4.73. The van der Waals surface area contributed by atoms with Crippen LogP contribution in [0.1, 0.15) is 29.1 Å². The fourth-order valence-electron chi connectivity index (χ4n) is 3.13. The van der Waals surface area contributed by atoms with Crippen molar-refractivity contribution in [3.05, 3.63) is 53.6 Å². The molecule has 3 rings (SSSR count). The van der Waals surface area contributed by atoms with Crippen molar-refractivity contribution in [2.45, 2.75) is 25.2 Å². The summed E-state index contributed by atoms with van der Waals surface area (Å²) in [4.78, 5) is 38.0. The maximum absolute atomic E-state index is 12.2. The number of morpholine rings is 1. The predicted molar refractivity (Wildman–Crippen MR) is 110 cm³/mol. The molecule has 10 heteroatoms. The summed E-state index contributed by atoms with van der Waals surface area (Å²) in [6, 6.07) is 4.88. The number of nitrogens with zero attached hydrogens (tertiary/aromatic N) is 4. The van der Waals surface area contributed by atoms with E-state index in [2.05, 4.69) is 26.8 Å². The summed E-state index contributed by atoms with van der Waals surface area (Å²) < 4.78 is 6.02. The third-order valence-corrected chi connectivity index (χ3v) is 4.92. The molecule has 2 amide bonds. The smallest absolute Gasteiger partial charge is 0.269 e. The lowest BCUT2D eigenvalue weighted by Crippen LogP contribution is -2.50. The summed E-state index contributed by atoms with van der Waals surface area (Å²) in [6.07, 6.45) is 0.617. The zero-order chi connectivity index (χ0) is 21.8. The second kappa shape index (κ2) is 9.29. The zero-order valence-electron chi connectivity index (χ0n) is 16.6. The molecule has 2 aromatic heterocycles. The highest BCUT2D eigenvalue weighted by molar-refractivity contribution is 6.29. The molecule has 2 aromatic rings. The number of hydrogen-bond donors (Lipinski definition) is 2. The average molecular weight is 432 g/mol. The van der Waals surface area contributed by atoms with Gasteiger partial charge in [-0.1, -0.05) is 18.2 Å². The van der Waals surface area contributed by atoms with Crippen LogP contribution in [0.4, 0.5) is 0 Å². The lowest BCUT2D eigenvalue weighted by atomic mass is 10.0. The van der Waals surface area contributed by atoms with Gasteiger partial charge in [-0.3, -0.25) is 9.59 Å². The summed E-state index contributed by atoms with van der Waals surface area (Å²) >= 11 is 6.24. The van der Waals surface area contributed by atoms with E-state index in [0.29, 0.717) is 17.0 Å². The van der Waals surface area contributed by atoms with Crippen LogP contribution in [-0.4, -0.2) is 69.1 Å². The van der Waals surface area contributed by atoms with Gasteiger partial charge < -0.3 is 20.1 Å². The minimum absolute atomic E-state index is 0.191. The second-order valence-corrected chi connectivity index (χ2v) is 7.21. The van der Waals surface area contributed by atoms with E-state index >= 15 is 0 Å². The Morgan fingerprint density at radius 1 is 1.33 bits per heavy atom. The number of ether oxygens (including phenoxy) is 1. The van der Waals surface area contributed by atoms with Gasteiger partial charge in [-0.25, -0.2) is 15.0 Å². The number of nitrogens with one attached hydrogen (secondary N) is 1. The first kappa shape index (κ1) is 21.8. The van der Waals surface area contributed by atoms with Gasteiger partial charge in [0.05, 0.1) is 24.0 Å². The molecule has 1 unspecified atom stereocenters. The SMILES string of the molecule is C=CC(=O)N1CC([C@@H](C)O)O[C@H](c2cc(Cl)nc(-c3cc(C(=O)NC)ncn3)c2)C1. The summed E-state index contributed by atoms with van der Waals surface area (Å²) in [5, 5.41) is 12.7. The molecular formula is C20H22ClN5O4. The molecule has 3 atom stereocenters. The van der Waals surface area contributed by atoms with Crippen molar-refractivity contribution in [1.29, 1.82) is 0 Å². The van der Waals surface area contributed by atoms with Gasteiger partial charge in [-0.05, 0) is 36.8 Å². The van der Waals surface area contributed by atoms with Crippen molar-refractivity contribution in [3.63, 3.8) is 0 Å². The van der Waals surface area contributed by atoms with Gasteiger partial charge in [0, 0.05) is 13.6 Å². The second-order valence-electron chi connectivity index (χ2n) is 6.83. The lowest BCUT2D eigenvalue weighted by molar-refractivity contribution is -0.152. The van der Waals surface area contributed by atoms with E-state index in [0.717, 1.165) is 0 Å². The van der Waals surface area contributed by atoms with Crippen molar-refractivity contribution < 1.29 is 19.4 Å². The Morgan fingerprint density at radius 2 is 2.10 bits per heavy atom. The number of rotatable bonds is 5. The van der Waals surface area contributed by atoms with Crippen molar-refractivity contribution in [1.82, 2.24) is 25.2 Å². The van der Waals surface area contributed by atoms with E-state index in [1.165, 1.54) is 25.5 Å². The number of aromatic nitrogens is 3. The summed E-state index contributed by atoms with van der Waals surface area (Å²) in [7, 11) is 1.51. The van der Waals surface area contributed by atoms with E-state index in [1.807, 2.05) is 0 Å². The topological polar surface area (TPSA) is 118 Å². The summed E-state index contributed by atoms with van der Waals surface area (Å²) in [5.74, 6) is -0.602. The molecular weight excluding hydrogens is 410 g/mol. The molecule has 0 spiro atoms. The summed E-state index contributed by atoms with van der Waals surface area (Å²) in [6.45, 7) is 5.66. The average Bonchev–Trinajstić information content (AvgIpc) is 2.77. The Hall–Kier alpha value is -2.88. The third kappa shape index (κ3) is 4.81. The molecule has 1 saturated heterocycles. The molecule has 3 heterocycles. The van der Waals surface area contributed by atoms with Crippen molar-refractivity contribution in [3.8, 4) is 11.4 Å². The molecule has 0 bridgehead atoms. The van der Waals surface area contributed by atoms with Crippen LogP contribution < -0.4 is 5.32 Å². The van der Waals surface area contributed by atoms with E-state index < -0.39 is 18.3 Å². The van der Waals surface area contributed by atoms with Gasteiger partial charge in [0.1, 0.15) is 29.4 Å². The van der Waals surface area contributed by atoms with Crippen LogP contribution in [0.3, 0.4) is 0 Å². The largest absolute Gasteiger partial charge is 0.391 e. The van der Waals surface area contributed by atoms with E-state index in [-0.39, 0.29) is 35.8 Å². The maximum atomic E-state index is 12.2. The van der Waals surface area contributed by atoms with Gasteiger partial charge in [0.2, 0.25) is 5.91 Å². The van der Waals surface area contributed by atoms with Gasteiger partial charge in [0.15, 0.2) is 0 Å². The van der Waals surface area contributed by atoms with Crippen LogP contribution in [0.5, 0.6) is 0 Å². The molecule has 30 heavy (non-hydrogen) atoms. The van der Waals surface area contributed by atoms with Crippen LogP contribution in [0.15, 0.2) is 37.2 Å². The first-order chi connectivity index (χ1) is 14.3. The Bertz CT molecular complexity index is 968. The quantitative estimate of drug-likeness (QED) is 0.542. The van der Waals surface area contributed by atoms with Crippen LogP contribution in [-0.2, 0) is 9.53 Å². The van der Waals surface area contributed by atoms with Crippen LogP contribution >= 0.6 is 11.6 Å². The van der Waals surface area contributed by atoms with E-state index in [1.54, 1.807) is 24.0 Å². The van der Waals surface area contributed by atoms with E-state index in [4.69, 9.17) is 16.3 Å². The number of carbonyl (C=O) groups is 2. The standard InChI is InChI=1S/C20H22ClN5O4/c1-4-19(28)26-8-16(11(2)27)30-17(9-26)12-5-14(25-18(21)6-12)13-7-15(20(29)22-3)24-10-23-13/h4-7,10-11,16-17,27H,1,8-9H2,2-3H3,(H,22,29)/t11-,16?,17+/m1/s1. The minimum Gasteiger partial charge on any atom is -0.391 e. The lowest BCUT2D eigenvalue weighted by Gasteiger charge is -2.39. The molecule has 1 aliphatic heterocycles. The first-order valence-electron chi connectivity index (χ1n) is 9.29. The number of hydrogen-bond acceptors (Lipinski definition) is 7. The molecule has 1 fully saturated rings. The highest BCUT2D eigenvalue weighted by atomic mass is 35.5. The first-order valence-corrected chi connectivity index (χ1v) is 9.67. The number of amides is 2. The number of aliphatic hydroxyl groups excluding tert-OH is 1. The number of carbonyl (C=O) groups excluding carboxylic acids is 2. The van der Waals surface area contributed by atoms with Gasteiger partial charge in [0.25, 0.3) is 5.91 Å². The number of halogens is 1. The highest BCUT2D eigenvalue weighted by Crippen LogP contribution is 2.30. The minimum atomic E-state index is -0.776. The van der Waals surface area contributed by atoms with Crippen LogP contribution in [0.25, 0.3) is 11.4 Å². The molecule has 0 aromatic carbocycles. The van der Waals surface area contributed by atoms with E-state index in [9.17, 15) is 14.7 Å². The molecule has 9 nitrogen and oxygen atoms in total. The Balaban J connectivity index is 1.97. The van der Waals surface area contributed by atoms with Gasteiger partial charge >= 0.3 is 0 Å². The fraction of sp³-hybridized carbons (Fsp3) is 0.350. The molecule has 0 saturated carbocycles. The highest BCUT2D eigenvalue weighted by Gasteiger charge is 2.33. The number of pyridine rings is 1. The molecule has 0 aliphatic carbocycles. The maximum Gasteiger partial charge on any atom is 0.269 e. The number of aliphatic hydroxyl groups is 1. The monoisotopic (exact) mass is 431 g/mol. The van der Waals surface area contributed by atoms with Crippen molar-refractivity contribution >= 4 is 23.4 Å². The molecule has 1 aliphatic rings. The van der Waals surface area contributed by atoms with Crippen molar-refractivity contribution in [2.24, 2.45) is 0 Å². The van der Waals surface area contributed by atoms with Crippen LogP contribution in [0, 0.1) is 0 Å². The Morgan fingerprint density at radius 3 is 2.77 bits per heavy atom. The molecule has 2 N–H and O–H groups in total. The zero-order valence-corrected chi connectivity index (χ0v) is 17.3. The molecule has 0 radical (unpaired) electrons. The molecule has 158 valence electrons. The van der Waals surface area contributed by atoms with Crippen molar-refractivity contribution in [2.75, 3.05) is 20.1 Å². The Kier molecular flexibility index (Phi) is 6.76. The Labute approximate surface area is 178 Å². The van der Waals surface area contributed by atoms with Gasteiger partial charge in [-0.2, -0.15) is 0 Å². The van der Waals surface area contributed by atoms with Crippen LogP contribution in [0.2, 0.25) is 5.15 Å². The normalized spacial score (nSPS) is 19.8. The predicted octanol–water partition coefficient (Wildman–Crippen LogP) is 1.39. The van der Waals surface area contributed by atoms with Gasteiger partial charge in [-0.15, -0.1) is 0 Å².